The quantitative estimate of drug-likeness (QED) is 0.196. The lowest BCUT2D eigenvalue weighted by Crippen LogP contribution is -2.16. The van der Waals surface area contributed by atoms with Crippen LogP contribution < -0.4 is 4.90 Å². The van der Waals surface area contributed by atoms with Gasteiger partial charge in [0, 0.05) is 55.8 Å². The molecule has 0 atom stereocenters. The van der Waals surface area contributed by atoms with Gasteiger partial charge in [-0.2, -0.15) is 0 Å². The Balaban J connectivity index is 1.22. The van der Waals surface area contributed by atoms with Gasteiger partial charge in [-0.05, 0) is 89.0 Å². The first-order chi connectivity index (χ1) is 23.6. The highest BCUT2D eigenvalue weighted by Crippen LogP contribution is 2.51. The van der Waals surface area contributed by atoms with Crippen LogP contribution in [0.5, 0.6) is 0 Å². The van der Waals surface area contributed by atoms with Crippen LogP contribution >= 0.6 is 0 Å². The van der Waals surface area contributed by atoms with Crippen molar-refractivity contribution in [2.45, 2.75) is 19.3 Å². The topological polar surface area (TPSA) is 21.3 Å². The number of para-hydroxylation sites is 3. The number of hydrogen-bond donors (Lipinski definition) is 0. The molecule has 0 saturated heterocycles. The summed E-state index contributed by atoms with van der Waals surface area (Å²) in [7, 11) is 0. The predicted octanol–water partition coefficient (Wildman–Crippen LogP) is 12.5. The van der Waals surface area contributed by atoms with E-state index in [-0.39, 0.29) is 5.41 Å². The van der Waals surface area contributed by atoms with Gasteiger partial charge in [-0.1, -0.05) is 98.8 Å². The fraction of sp³-hybridized carbons (Fsp3) is 0.0667. The van der Waals surface area contributed by atoms with Gasteiger partial charge >= 0.3 is 0 Å². The molecule has 0 saturated carbocycles. The van der Waals surface area contributed by atoms with Crippen LogP contribution in [0.2, 0.25) is 0 Å². The molecule has 0 amide bonds. The Morgan fingerprint density at radius 2 is 1.08 bits per heavy atom. The minimum absolute atomic E-state index is 0.108. The first-order valence-corrected chi connectivity index (χ1v) is 16.6. The zero-order valence-electron chi connectivity index (χ0n) is 26.8. The average molecular weight is 617 g/mol. The van der Waals surface area contributed by atoms with Crippen LogP contribution in [-0.2, 0) is 5.41 Å². The van der Waals surface area contributed by atoms with E-state index in [4.69, 9.17) is 4.42 Å². The van der Waals surface area contributed by atoms with Crippen LogP contribution in [-0.4, -0.2) is 4.57 Å². The summed E-state index contributed by atoms with van der Waals surface area (Å²) in [4.78, 5) is 2.39. The lowest BCUT2D eigenvalue weighted by Gasteiger charge is -2.28. The highest BCUT2D eigenvalue weighted by atomic mass is 16.3. The molecule has 48 heavy (non-hydrogen) atoms. The summed E-state index contributed by atoms with van der Waals surface area (Å²) in [6.45, 7) is 4.69. The maximum absolute atomic E-state index is 6.41. The van der Waals surface area contributed by atoms with Crippen molar-refractivity contribution >= 4 is 60.8 Å². The molecule has 228 valence electrons. The Morgan fingerprint density at radius 1 is 0.458 bits per heavy atom. The van der Waals surface area contributed by atoms with Gasteiger partial charge in [0.15, 0.2) is 0 Å². The highest BCUT2D eigenvalue weighted by Gasteiger charge is 2.35. The van der Waals surface area contributed by atoms with Crippen molar-refractivity contribution in [2.75, 3.05) is 4.90 Å². The number of benzene rings is 7. The molecule has 3 nitrogen and oxygen atoms in total. The second-order valence-electron chi connectivity index (χ2n) is 13.4. The molecule has 2 heterocycles. The minimum atomic E-state index is -0.108. The predicted molar refractivity (Wildman–Crippen MR) is 200 cm³/mol. The molecule has 0 N–H and O–H groups in total. The van der Waals surface area contributed by atoms with E-state index >= 15 is 0 Å². The fourth-order valence-electron chi connectivity index (χ4n) is 8.09. The molecule has 2 aromatic heterocycles. The number of aromatic nitrogens is 1. The summed E-state index contributed by atoms with van der Waals surface area (Å²) < 4.78 is 8.78. The summed E-state index contributed by atoms with van der Waals surface area (Å²) in [5.41, 5.74) is 13.9. The number of furan rings is 1. The second kappa shape index (κ2) is 9.97. The van der Waals surface area contributed by atoms with E-state index in [0.717, 1.165) is 44.7 Å². The van der Waals surface area contributed by atoms with Gasteiger partial charge in [-0.25, -0.2) is 0 Å². The first-order valence-electron chi connectivity index (χ1n) is 16.6. The summed E-state index contributed by atoms with van der Waals surface area (Å²) >= 11 is 0. The zero-order valence-corrected chi connectivity index (χ0v) is 26.8. The monoisotopic (exact) mass is 616 g/mol. The molecule has 0 unspecified atom stereocenters. The molecule has 0 bridgehead atoms. The van der Waals surface area contributed by atoms with E-state index in [1.165, 1.54) is 44.1 Å². The average Bonchev–Trinajstić information content (AvgIpc) is 3.74. The number of fused-ring (bicyclic) bond motifs is 9. The summed E-state index contributed by atoms with van der Waals surface area (Å²) in [6, 6.07) is 57.0. The van der Waals surface area contributed by atoms with E-state index < -0.39 is 0 Å². The normalized spacial score (nSPS) is 13.4. The van der Waals surface area contributed by atoms with Crippen LogP contribution in [0, 0.1) is 0 Å². The molecule has 3 heteroatoms. The van der Waals surface area contributed by atoms with Crippen LogP contribution in [0.25, 0.3) is 60.6 Å². The van der Waals surface area contributed by atoms with E-state index in [2.05, 4.69) is 169 Å². The third-order valence-corrected chi connectivity index (χ3v) is 10.4. The highest BCUT2D eigenvalue weighted by molar-refractivity contribution is 6.11. The Morgan fingerprint density at radius 3 is 1.98 bits per heavy atom. The van der Waals surface area contributed by atoms with Crippen molar-refractivity contribution in [3.8, 4) is 16.8 Å². The van der Waals surface area contributed by atoms with E-state index in [1.807, 2.05) is 12.1 Å². The second-order valence-corrected chi connectivity index (χ2v) is 13.4. The SMILES string of the molecule is CC1(C)c2ccccc2-c2ccc(N(c3ccc4c(c3)oc3ccccc34)c3ccc4c(c3)c3ccccc3n4-c3ccccc3)cc21. The Hall–Kier alpha value is -6.06. The van der Waals surface area contributed by atoms with Crippen molar-refractivity contribution < 1.29 is 4.42 Å². The molecule has 0 aliphatic heterocycles. The van der Waals surface area contributed by atoms with E-state index in [1.54, 1.807) is 0 Å². The summed E-state index contributed by atoms with van der Waals surface area (Å²) in [5, 5.41) is 4.71. The smallest absolute Gasteiger partial charge is 0.137 e. The Kier molecular flexibility index (Phi) is 5.63. The molecule has 7 aromatic carbocycles. The molecular formula is C45H32N2O. The molecule has 0 spiro atoms. The van der Waals surface area contributed by atoms with Gasteiger partial charge in [0.2, 0.25) is 0 Å². The molecule has 10 rings (SSSR count). The van der Waals surface area contributed by atoms with Crippen LogP contribution in [0.1, 0.15) is 25.0 Å². The fourth-order valence-corrected chi connectivity index (χ4v) is 8.09. The molecular weight excluding hydrogens is 585 g/mol. The molecule has 0 fully saturated rings. The first kappa shape index (κ1) is 27.1. The third-order valence-electron chi connectivity index (χ3n) is 10.4. The van der Waals surface area contributed by atoms with Crippen molar-refractivity contribution in [1.29, 1.82) is 0 Å². The lowest BCUT2D eigenvalue weighted by atomic mass is 9.82. The van der Waals surface area contributed by atoms with Crippen LogP contribution in [0.15, 0.2) is 162 Å². The van der Waals surface area contributed by atoms with Gasteiger partial charge in [-0.15, -0.1) is 0 Å². The van der Waals surface area contributed by atoms with Gasteiger partial charge in [-0.3, -0.25) is 0 Å². The van der Waals surface area contributed by atoms with Crippen LogP contribution in [0.3, 0.4) is 0 Å². The molecule has 1 aliphatic rings. The maximum atomic E-state index is 6.41. The maximum Gasteiger partial charge on any atom is 0.137 e. The zero-order chi connectivity index (χ0) is 32.0. The number of nitrogens with zero attached hydrogens (tertiary/aromatic N) is 2. The van der Waals surface area contributed by atoms with Gasteiger partial charge < -0.3 is 13.9 Å². The minimum Gasteiger partial charge on any atom is -0.456 e. The van der Waals surface area contributed by atoms with Gasteiger partial charge in [0.1, 0.15) is 11.2 Å². The standard InChI is InChI=1S/C45H32N2O/c1-45(2)39-17-9-6-14-33(39)34-23-20-31(27-40(34)45)46(32-21-24-37-36-16-8-11-19-43(36)48-44(37)28-32)30-22-25-42-38(26-30)35-15-7-10-18-41(35)47(42)29-12-4-3-5-13-29/h3-28H,1-2H3. The van der Waals surface area contributed by atoms with Crippen molar-refractivity contribution in [1.82, 2.24) is 4.57 Å². The Bertz CT molecular complexity index is 2710. The summed E-state index contributed by atoms with van der Waals surface area (Å²) in [6.07, 6.45) is 0. The van der Waals surface area contributed by atoms with Gasteiger partial charge in [0.05, 0.1) is 11.0 Å². The number of rotatable bonds is 4. The van der Waals surface area contributed by atoms with Crippen molar-refractivity contribution in [3.63, 3.8) is 0 Å². The van der Waals surface area contributed by atoms with Crippen molar-refractivity contribution in [3.05, 3.63) is 169 Å². The van der Waals surface area contributed by atoms with Gasteiger partial charge in [0.25, 0.3) is 0 Å². The van der Waals surface area contributed by atoms with E-state index in [0.29, 0.717) is 0 Å². The largest absolute Gasteiger partial charge is 0.456 e. The number of anilines is 3. The van der Waals surface area contributed by atoms with Crippen molar-refractivity contribution in [2.24, 2.45) is 0 Å². The molecule has 1 aliphatic carbocycles. The summed E-state index contributed by atoms with van der Waals surface area (Å²) in [5.74, 6) is 0. The third kappa shape index (κ3) is 3.82. The number of hydrogen-bond acceptors (Lipinski definition) is 2. The molecule has 0 radical (unpaired) electrons. The van der Waals surface area contributed by atoms with Crippen LogP contribution in [0.4, 0.5) is 17.1 Å². The molecule has 9 aromatic rings. The lowest BCUT2D eigenvalue weighted by molar-refractivity contribution is 0.660. The van der Waals surface area contributed by atoms with E-state index in [9.17, 15) is 0 Å². The Labute approximate surface area is 278 Å².